The molecule has 3 aromatic rings. The molecule has 0 amide bonds. The number of ether oxygens (including phenoxy) is 2. The fourth-order valence-corrected chi connectivity index (χ4v) is 4.89. The van der Waals surface area contributed by atoms with Gasteiger partial charge in [0.25, 0.3) is 0 Å². The van der Waals surface area contributed by atoms with E-state index in [1.54, 1.807) is 6.20 Å². The van der Waals surface area contributed by atoms with Crippen LogP contribution in [0.1, 0.15) is 31.7 Å². The minimum atomic E-state index is -0.397. The van der Waals surface area contributed by atoms with Crippen LogP contribution in [0.4, 0.5) is 17.3 Å². The van der Waals surface area contributed by atoms with Crippen LogP contribution in [0.25, 0.3) is 11.3 Å². The summed E-state index contributed by atoms with van der Waals surface area (Å²) in [7, 11) is 0. The van der Waals surface area contributed by atoms with Gasteiger partial charge < -0.3 is 24.8 Å². The van der Waals surface area contributed by atoms with Gasteiger partial charge in [-0.05, 0) is 67.8 Å². The standard InChI is InChI=1S/C29H34N6O3/c1-2-28(36)35-13-10-25(11-14-35)38-27-8-3-21(19-22(27)20-30)26-9-12-31-29(33-26)32-23-4-6-24(7-5-23)34-15-17-37-18-16-34/h3-9,12,19,25,28,36H,2,10-11,13-18H2,1H3,(H,31,32,33). The smallest absolute Gasteiger partial charge is 0.227 e. The molecule has 2 aliphatic heterocycles. The monoisotopic (exact) mass is 514 g/mol. The molecule has 9 heteroatoms. The maximum atomic E-state index is 10.1. The van der Waals surface area contributed by atoms with Gasteiger partial charge in [-0.2, -0.15) is 5.26 Å². The topological polar surface area (TPSA) is 107 Å². The minimum Gasteiger partial charge on any atom is -0.489 e. The zero-order chi connectivity index (χ0) is 26.3. The highest BCUT2D eigenvalue weighted by atomic mass is 16.5. The van der Waals surface area contributed by atoms with E-state index in [0.717, 1.165) is 69.2 Å². The zero-order valence-corrected chi connectivity index (χ0v) is 21.7. The van der Waals surface area contributed by atoms with Gasteiger partial charge in [0.1, 0.15) is 24.2 Å². The van der Waals surface area contributed by atoms with Crippen LogP contribution in [0.15, 0.2) is 54.7 Å². The van der Waals surface area contributed by atoms with Crippen molar-refractivity contribution in [1.82, 2.24) is 14.9 Å². The Morgan fingerprint density at radius 1 is 1.11 bits per heavy atom. The van der Waals surface area contributed by atoms with E-state index < -0.39 is 6.23 Å². The second-order valence-electron chi connectivity index (χ2n) is 9.60. The number of likely N-dealkylation sites (tertiary alicyclic amines) is 1. The first-order valence-corrected chi connectivity index (χ1v) is 13.3. The lowest BCUT2D eigenvalue weighted by atomic mass is 10.1. The number of benzene rings is 2. The molecule has 38 heavy (non-hydrogen) atoms. The van der Waals surface area contributed by atoms with Crippen LogP contribution in [0.5, 0.6) is 5.75 Å². The van der Waals surface area contributed by atoms with Gasteiger partial charge in [0.05, 0.1) is 24.5 Å². The van der Waals surface area contributed by atoms with Crippen molar-refractivity contribution in [1.29, 1.82) is 5.26 Å². The average molecular weight is 515 g/mol. The Morgan fingerprint density at radius 2 is 1.87 bits per heavy atom. The lowest BCUT2D eigenvalue weighted by Gasteiger charge is -2.34. The minimum absolute atomic E-state index is 0.0257. The highest BCUT2D eigenvalue weighted by Crippen LogP contribution is 2.29. The molecule has 2 aliphatic rings. The molecule has 0 radical (unpaired) electrons. The fraction of sp³-hybridized carbons (Fsp3) is 0.414. The summed E-state index contributed by atoms with van der Waals surface area (Å²) >= 11 is 0. The van der Waals surface area contributed by atoms with Gasteiger partial charge in [0.15, 0.2) is 0 Å². The molecule has 1 unspecified atom stereocenters. The van der Waals surface area contributed by atoms with Gasteiger partial charge in [-0.15, -0.1) is 0 Å². The summed E-state index contributed by atoms with van der Waals surface area (Å²) in [6, 6.07) is 17.9. The van der Waals surface area contributed by atoms with Gasteiger partial charge in [-0.25, -0.2) is 9.97 Å². The van der Waals surface area contributed by atoms with Gasteiger partial charge in [-0.1, -0.05) is 6.92 Å². The Morgan fingerprint density at radius 3 is 2.58 bits per heavy atom. The number of anilines is 3. The molecule has 198 valence electrons. The lowest BCUT2D eigenvalue weighted by Crippen LogP contribution is -2.43. The molecule has 9 nitrogen and oxygen atoms in total. The van der Waals surface area contributed by atoms with Gasteiger partial charge in [0, 0.05) is 49.3 Å². The van der Waals surface area contributed by atoms with Crippen LogP contribution in [0, 0.1) is 11.3 Å². The summed E-state index contributed by atoms with van der Waals surface area (Å²) in [5, 5.41) is 23.1. The lowest BCUT2D eigenvalue weighted by molar-refractivity contribution is -0.0297. The van der Waals surface area contributed by atoms with Crippen LogP contribution >= 0.6 is 0 Å². The summed E-state index contributed by atoms with van der Waals surface area (Å²) in [6.45, 7) is 6.85. The number of piperidine rings is 1. The van der Waals surface area contributed by atoms with Crippen molar-refractivity contribution in [3.63, 3.8) is 0 Å². The Balaban J connectivity index is 1.24. The maximum absolute atomic E-state index is 10.1. The first kappa shape index (κ1) is 25.9. The molecule has 2 saturated heterocycles. The molecular formula is C29H34N6O3. The summed E-state index contributed by atoms with van der Waals surface area (Å²) in [5.41, 5.74) is 4.09. The van der Waals surface area contributed by atoms with Crippen LogP contribution < -0.4 is 15.0 Å². The van der Waals surface area contributed by atoms with E-state index in [-0.39, 0.29) is 6.10 Å². The Bertz CT molecular complexity index is 1250. The van der Waals surface area contributed by atoms with Crippen molar-refractivity contribution in [2.45, 2.75) is 38.5 Å². The molecule has 0 aliphatic carbocycles. The number of nitrogens with one attached hydrogen (secondary N) is 1. The van der Waals surface area contributed by atoms with E-state index in [1.165, 1.54) is 5.69 Å². The van der Waals surface area contributed by atoms with Crippen molar-refractivity contribution in [3.8, 4) is 23.1 Å². The summed E-state index contributed by atoms with van der Waals surface area (Å²) < 4.78 is 11.6. The van der Waals surface area contributed by atoms with Crippen LogP contribution in [-0.2, 0) is 4.74 Å². The largest absolute Gasteiger partial charge is 0.489 e. The fourth-order valence-electron chi connectivity index (χ4n) is 4.89. The van der Waals surface area contributed by atoms with Crippen molar-refractivity contribution in [2.75, 3.05) is 49.6 Å². The first-order valence-electron chi connectivity index (χ1n) is 13.3. The van der Waals surface area contributed by atoms with E-state index in [1.807, 2.05) is 43.3 Å². The number of nitrogens with zero attached hydrogens (tertiary/aromatic N) is 5. The third-order valence-corrected chi connectivity index (χ3v) is 7.11. The zero-order valence-electron chi connectivity index (χ0n) is 21.7. The van der Waals surface area contributed by atoms with Crippen molar-refractivity contribution < 1.29 is 14.6 Å². The number of hydrogen-bond donors (Lipinski definition) is 2. The molecule has 0 bridgehead atoms. The predicted molar refractivity (Wildman–Crippen MR) is 146 cm³/mol. The van der Waals surface area contributed by atoms with E-state index in [0.29, 0.717) is 23.7 Å². The second-order valence-corrected chi connectivity index (χ2v) is 9.60. The number of nitriles is 1. The highest BCUT2D eigenvalue weighted by molar-refractivity contribution is 5.66. The molecule has 0 saturated carbocycles. The van der Waals surface area contributed by atoms with Crippen LogP contribution in [0.3, 0.4) is 0 Å². The highest BCUT2D eigenvalue weighted by Gasteiger charge is 2.24. The van der Waals surface area contributed by atoms with E-state index in [2.05, 4.69) is 43.3 Å². The maximum Gasteiger partial charge on any atom is 0.227 e. The number of aliphatic hydroxyl groups excluding tert-OH is 1. The average Bonchev–Trinajstić information content (AvgIpc) is 2.98. The number of aliphatic hydroxyl groups is 1. The third kappa shape index (κ3) is 6.22. The summed E-state index contributed by atoms with van der Waals surface area (Å²) in [4.78, 5) is 13.4. The van der Waals surface area contributed by atoms with Gasteiger partial charge in [0.2, 0.25) is 5.95 Å². The number of aromatic nitrogens is 2. The summed E-state index contributed by atoms with van der Waals surface area (Å²) in [6.07, 6.45) is 3.69. The first-order chi connectivity index (χ1) is 18.6. The quantitative estimate of drug-likeness (QED) is 0.458. The van der Waals surface area contributed by atoms with E-state index >= 15 is 0 Å². The Kier molecular flexibility index (Phi) is 8.34. The molecule has 0 spiro atoms. The van der Waals surface area contributed by atoms with Gasteiger partial charge >= 0.3 is 0 Å². The molecule has 1 atom stereocenters. The summed E-state index contributed by atoms with van der Waals surface area (Å²) in [5.74, 6) is 1.07. The molecule has 2 fully saturated rings. The Labute approximate surface area is 223 Å². The van der Waals surface area contributed by atoms with Gasteiger partial charge in [-0.3, -0.25) is 4.90 Å². The SMILES string of the molecule is CCC(O)N1CCC(Oc2ccc(-c3ccnc(Nc4ccc(N5CCOCC5)cc4)n3)cc2C#N)CC1. The van der Waals surface area contributed by atoms with Crippen LogP contribution in [0.2, 0.25) is 0 Å². The molecule has 2 N–H and O–H groups in total. The van der Waals surface area contributed by atoms with E-state index in [4.69, 9.17) is 9.47 Å². The second kappa shape index (κ2) is 12.2. The van der Waals surface area contributed by atoms with Crippen molar-refractivity contribution in [3.05, 3.63) is 60.3 Å². The molecule has 1 aromatic heterocycles. The van der Waals surface area contributed by atoms with E-state index in [9.17, 15) is 10.4 Å². The van der Waals surface area contributed by atoms with Crippen molar-refractivity contribution >= 4 is 17.3 Å². The Hall–Kier alpha value is -3.71. The molecule has 3 heterocycles. The molecule has 2 aromatic carbocycles. The molecular weight excluding hydrogens is 480 g/mol. The third-order valence-electron chi connectivity index (χ3n) is 7.11. The molecule has 5 rings (SSSR count). The number of rotatable bonds is 8. The van der Waals surface area contributed by atoms with Crippen LogP contribution in [-0.4, -0.2) is 71.7 Å². The predicted octanol–water partition coefficient (Wildman–Crippen LogP) is 4.17. The normalized spacial score (nSPS) is 17.6. The van der Waals surface area contributed by atoms with Crippen molar-refractivity contribution in [2.24, 2.45) is 0 Å². The number of hydrogen-bond acceptors (Lipinski definition) is 9. The number of morpholine rings is 1.